The monoisotopic (exact) mass is 473 g/mol. The number of alkyl halides is 1. The molecule has 0 heterocycles. The largest absolute Gasteiger partial charge is 0.294 e. The predicted molar refractivity (Wildman–Crippen MR) is 101 cm³/mol. The molecule has 0 radical (unpaired) electrons. The third-order valence-electron chi connectivity index (χ3n) is 3.10. The lowest BCUT2D eigenvalue weighted by Crippen LogP contribution is -2.28. The minimum Gasteiger partial charge on any atom is -0.294 e. The van der Waals surface area contributed by atoms with Crippen molar-refractivity contribution in [2.45, 2.75) is 24.8 Å². The molecular weight excluding hydrogens is 458 g/mol. The molecule has 0 saturated heterocycles. The summed E-state index contributed by atoms with van der Waals surface area (Å²) in [6.07, 6.45) is 0. The second kappa shape index (κ2) is 8.47. The first-order valence-corrected chi connectivity index (χ1v) is 9.38. The lowest BCUT2D eigenvalue weighted by atomic mass is 10.1. The van der Waals surface area contributed by atoms with Crippen LogP contribution in [0.4, 0.5) is 0 Å². The van der Waals surface area contributed by atoms with Crippen LogP contribution in [0.3, 0.4) is 0 Å². The van der Waals surface area contributed by atoms with E-state index in [0.29, 0.717) is 4.83 Å². The molecule has 2 rings (SSSR count). The Bertz CT molecular complexity index is 536. The van der Waals surface area contributed by atoms with E-state index in [1.165, 1.54) is 11.1 Å². The maximum Gasteiger partial charge on any atom is 0.0245 e. The highest BCUT2D eigenvalue weighted by Gasteiger charge is 2.10. The molecule has 0 aromatic heterocycles. The van der Waals surface area contributed by atoms with Crippen molar-refractivity contribution in [3.63, 3.8) is 0 Å². The van der Waals surface area contributed by atoms with Gasteiger partial charge in [0.05, 0.1) is 0 Å². The van der Waals surface area contributed by atoms with Crippen LogP contribution in [0, 0.1) is 0 Å². The van der Waals surface area contributed by atoms with Crippen LogP contribution >= 0.6 is 47.8 Å². The van der Waals surface area contributed by atoms with Gasteiger partial charge in [0.25, 0.3) is 0 Å². The number of hydrogen-bond donors (Lipinski definition) is 0. The van der Waals surface area contributed by atoms with Crippen molar-refractivity contribution in [2.24, 2.45) is 0 Å². The molecule has 0 spiro atoms. The molecule has 0 aliphatic heterocycles. The van der Waals surface area contributed by atoms with Crippen LogP contribution in [-0.4, -0.2) is 16.3 Å². The summed E-state index contributed by atoms with van der Waals surface area (Å²) >= 11 is 10.8. The quantitative estimate of drug-likeness (QED) is 0.463. The molecule has 0 aliphatic carbocycles. The van der Waals surface area contributed by atoms with Crippen molar-refractivity contribution >= 4 is 47.8 Å². The first-order chi connectivity index (χ1) is 10.0. The van der Waals surface area contributed by atoms with Gasteiger partial charge in [-0.2, -0.15) is 0 Å². The third kappa shape index (κ3) is 6.23. The Labute approximate surface area is 152 Å². The van der Waals surface area contributed by atoms with E-state index in [-0.39, 0.29) is 0 Å². The average Bonchev–Trinajstić information content (AvgIpc) is 2.37. The molecule has 2 aromatic rings. The zero-order valence-electron chi connectivity index (χ0n) is 11.9. The number of halogens is 3. The van der Waals surface area contributed by atoms with E-state index in [0.717, 1.165) is 28.6 Å². The van der Waals surface area contributed by atoms with Gasteiger partial charge in [0.15, 0.2) is 0 Å². The zero-order valence-corrected chi connectivity index (χ0v) is 16.7. The Kier molecular flexibility index (Phi) is 6.93. The summed E-state index contributed by atoms with van der Waals surface area (Å²) in [5.74, 6) is 0. The summed E-state index contributed by atoms with van der Waals surface area (Å²) in [7, 11) is 0. The molecule has 0 aliphatic rings. The summed E-state index contributed by atoms with van der Waals surface area (Å²) in [4.78, 5) is 2.93. The maximum atomic E-state index is 3.67. The highest BCUT2D eigenvalue weighted by Crippen LogP contribution is 2.18. The number of nitrogens with zero attached hydrogens (tertiary/aromatic N) is 1. The first kappa shape index (κ1) is 17.2. The van der Waals surface area contributed by atoms with Crippen molar-refractivity contribution in [2.75, 3.05) is 6.54 Å². The lowest BCUT2D eigenvalue weighted by Gasteiger charge is -2.24. The molecule has 112 valence electrons. The van der Waals surface area contributed by atoms with E-state index < -0.39 is 0 Å². The Morgan fingerprint density at radius 3 is 1.76 bits per heavy atom. The van der Waals surface area contributed by atoms with Gasteiger partial charge in [-0.15, -0.1) is 0 Å². The van der Waals surface area contributed by atoms with E-state index in [9.17, 15) is 0 Å². The second-order valence-electron chi connectivity index (χ2n) is 5.21. The van der Waals surface area contributed by atoms with Gasteiger partial charge in [0.2, 0.25) is 0 Å². The van der Waals surface area contributed by atoms with Crippen LogP contribution in [0.1, 0.15) is 18.1 Å². The molecular formula is C17H18Br3N. The molecule has 1 atom stereocenters. The molecule has 0 amide bonds. The molecule has 4 heteroatoms. The number of benzene rings is 2. The zero-order chi connectivity index (χ0) is 15.2. The smallest absolute Gasteiger partial charge is 0.0245 e. The van der Waals surface area contributed by atoms with Gasteiger partial charge >= 0.3 is 0 Å². The van der Waals surface area contributed by atoms with Crippen LogP contribution in [0.15, 0.2) is 57.5 Å². The van der Waals surface area contributed by atoms with Gasteiger partial charge in [-0.25, -0.2) is 0 Å². The third-order valence-corrected chi connectivity index (χ3v) is 4.38. The molecule has 0 fully saturated rings. The minimum atomic E-state index is 0.469. The van der Waals surface area contributed by atoms with Crippen molar-refractivity contribution in [3.8, 4) is 0 Å². The van der Waals surface area contributed by atoms with Gasteiger partial charge in [0, 0.05) is 33.4 Å². The SMILES string of the molecule is C[C@@H](Br)CN(Cc1cccc(Br)c1)Cc1cccc(Br)c1. The van der Waals surface area contributed by atoms with E-state index in [1.807, 2.05) is 0 Å². The van der Waals surface area contributed by atoms with Gasteiger partial charge in [-0.05, 0) is 35.4 Å². The van der Waals surface area contributed by atoms with Gasteiger partial charge < -0.3 is 0 Å². The fraction of sp³-hybridized carbons (Fsp3) is 0.294. The van der Waals surface area contributed by atoms with Crippen molar-refractivity contribution in [1.82, 2.24) is 4.90 Å². The summed E-state index contributed by atoms with van der Waals surface area (Å²) in [5.41, 5.74) is 2.65. The lowest BCUT2D eigenvalue weighted by molar-refractivity contribution is 0.261. The van der Waals surface area contributed by atoms with Crippen LogP contribution in [0.2, 0.25) is 0 Å². The first-order valence-electron chi connectivity index (χ1n) is 6.88. The molecule has 0 unspecified atom stereocenters. The van der Waals surface area contributed by atoms with Crippen molar-refractivity contribution in [3.05, 3.63) is 68.6 Å². The summed E-state index contributed by atoms with van der Waals surface area (Å²) in [6.45, 7) is 5.09. The molecule has 1 nitrogen and oxygen atoms in total. The standard InChI is InChI=1S/C17H18Br3N/c1-13(18)10-21(11-14-4-2-6-16(19)8-14)12-15-5-3-7-17(20)9-15/h2-9,13H,10-12H2,1H3/t13-/m1/s1. The van der Waals surface area contributed by atoms with Crippen molar-refractivity contribution < 1.29 is 0 Å². The Hall–Kier alpha value is -0.160. The van der Waals surface area contributed by atoms with E-state index in [4.69, 9.17) is 0 Å². The predicted octanol–water partition coefficient (Wildman–Crippen LogP) is 6.00. The molecule has 0 N–H and O–H groups in total. The van der Waals surface area contributed by atoms with Crippen LogP contribution in [-0.2, 0) is 13.1 Å². The van der Waals surface area contributed by atoms with Crippen LogP contribution in [0.5, 0.6) is 0 Å². The maximum absolute atomic E-state index is 3.67. The summed E-state index contributed by atoms with van der Waals surface area (Å²) < 4.78 is 2.27. The molecule has 21 heavy (non-hydrogen) atoms. The Morgan fingerprint density at radius 1 is 0.905 bits per heavy atom. The van der Waals surface area contributed by atoms with Gasteiger partial charge in [-0.3, -0.25) is 4.90 Å². The number of rotatable bonds is 6. The Balaban J connectivity index is 2.10. The number of hydrogen-bond acceptors (Lipinski definition) is 1. The van der Waals surface area contributed by atoms with Gasteiger partial charge in [0.1, 0.15) is 0 Å². The van der Waals surface area contributed by atoms with Crippen LogP contribution < -0.4 is 0 Å². The fourth-order valence-corrected chi connectivity index (χ4v) is 3.63. The molecule has 0 bridgehead atoms. The highest BCUT2D eigenvalue weighted by molar-refractivity contribution is 9.10. The Morgan fingerprint density at radius 2 is 1.38 bits per heavy atom. The average molecular weight is 476 g/mol. The van der Waals surface area contributed by atoms with Gasteiger partial charge in [-0.1, -0.05) is 79.0 Å². The second-order valence-corrected chi connectivity index (χ2v) is 8.60. The fourth-order valence-electron chi connectivity index (χ4n) is 2.33. The van der Waals surface area contributed by atoms with E-state index >= 15 is 0 Å². The topological polar surface area (TPSA) is 3.24 Å². The highest BCUT2D eigenvalue weighted by atomic mass is 79.9. The minimum absolute atomic E-state index is 0.469. The summed E-state index contributed by atoms with van der Waals surface area (Å²) in [5, 5.41) is 0. The van der Waals surface area contributed by atoms with Crippen molar-refractivity contribution in [1.29, 1.82) is 0 Å². The van der Waals surface area contributed by atoms with Crippen LogP contribution in [0.25, 0.3) is 0 Å². The van der Waals surface area contributed by atoms with E-state index in [1.54, 1.807) is 0 Å². The summed E-state index contributed by atoms with van der Waals surface area (Å²) in [6, 6.07) is 17.0. The molecule has 0 saturated carbocycles. The van der Waals surface area contributed by atoms with E-state index in [2.05, 4.69) is 108 Å². The normalized spacial score (nSPS) is 12.6. The molecule has 2 aromatic carbocycles.